The van der Waals surface area contributed by atoms with Gasteiger partial charge in [-0.15, -0.1) is 0 Å². The van der Waals surface area contributed by atoms with E-state index in [-0.39, 0.29) is 0 Å². The fraction of sp³-hybridized carbons (Fsp3) is 0.235. The number of hydrogen-bond acceptors (Lipinski definition) is 2. The van der Waals surface area contributed by atoms with Crippen molar-refractivity contribution in [3.63, 3.8) is 0 Å². The van der Waals surface area contributed by atoms with Gasteiger partial charge in [-0.2, -0.15) is 0 Å². The Balaban J connectivity index is 2.19. The van der Waals surface area contributed by atoms with Crippen LogP contribution in [-0.4, -0.2) is 12.0 Å². The molecule has 20 heavy (non-hydrogen) atoms. The van der Waals surface area contributed by atoms with E-state index in [0.29, 0.717) is 4.99 Å². The SMILES string of the molecule is Cc1cccc(N(C)Cc2ccc(C(N)=S)cc2C)c1. The van der Waals surface area contributed by atoms with Crippen LogP contribution < -0.4 is 10.6 Å². The minimum absolute atomic E-state index is 0.451. The van der Waals surface area contributed by atoms with E-state index >= 15 is 0 Å². The van der Waals surface area contributed by atoms with Gasteiger partial charge in [-0.1, -0.05) is 36.5 Å². The van der Waals surface area contributed by atoms with E-state index in [2.05, 4.69) is 62.2 Å². The predicted molar refractivity (Wildman–Crippen MR) is 90.4 cm³/mol. The van der Waals surface area contributed by atoms with Crippen LogP contribution in [0.25, 0.3) is 0 Å². The molecule has 0 aliphatic rings. The van der Waals surface area contributed by atoms with Gasteiger partial charge in [0.05, 0.1) is 0 Å². The molecule has 0 saturated carbocycles. The highest BCUT2D eigenvalue weighted by Crippen LogP contribution is 2.19. The molecule has 0 fully saturated rings. The normalized spacial score (nSPS) is 10.3. The van der Waals surface area contributed by atoms with Crippen molar-refractivity contribution in [2.24, 2.45) is 5.73 Å². The van der Waals surface area contributed by atoms with Crippen molar-refractivity contribution in [2.45, 2.75) is 20.4 Å². The third-order valence-corrected chi connectivity index (χ3v) is 3.71. The molecule has 0 aromatic heterocycles. The summed E-state index contributed by atoms with van der Waals surface area (Å²) < 4.78 is 0. The number of thiocarbonyl (C=S) groups is 1. The highest BCUT2D eigenvalue weighted by molar-refractivity contribution is 7.80. The van der Waals surface area contributed by atoms with E-state index in [1.807, 2.05) is 6.07 Å². The molecule has 0 atom stereocenters. The number of aryl methyl sites for hydroxylation is 2. The Morgan fingerprint density at radius 2 is 1.90 bits per heavy atom. The summed E-state index contributed by atoms with van der Waals surface area (Å²) in [5, 5.41) is 0. The second-order valence-electron chi connectivity index (χ2n) is 5.20. The highest BCUT2D eigenvalue weighted by Gasteiger charge is 2.06. The van der Waals surface area contributed by atoms with E-state index in [9.17, 15) is 0 Å². The maximum Gasteiger partial charge on any atom is 0.103 e. The van der Waals surface area contributed by atoms with Crippen LogP contribution in [0.2, 0.25) is 0 Å². The molecule has 3 heteroatoms. The smallest absolute Gasteiger partial charge is 0.103 e. The fourth-order valence-electron chi connectivity index (χ4n) is 2.24. The van der Waals surface area contributed by atoms with Crippen LogP contribution >= 0.6 is 12.2 Å². The van der Waals surface area contributed by atoms with Crippen LogP contribution in [0.1, 0.15) is 22.3 Å². The fourth-order valence-corrected chi connectivity index (χ4v) is 2.37. The molecule has 2 nitrogen and oxygen atoms in total. The molecular weight excluding hydrogens is 264 g/mol. The van der Waals surface area contributed by atoms with Crippen LogP contribution in [0.3, 0.4) is 0 Å². The molecule has 0 aliphatic heterocycles. The summed E-state index contributed by atoms with van der Waals surface area (Å²) in [7, 11) is 2.11. The third kappa shape index (κ3) is 3.36. The molecule has 0 radical (unpaired) electrons. The molecule has 0 spiro atoms. The largest absolute Gasteiger partial charge is 0.389 e. The Kier molecular flexibility index (Phi) is 4.40. The molecule has 0 aliphatic carbocycles. The van der Waals surface area contributed by atoms with E-state index in [4.69, 9.17) is 18.0 Å². The summed E-state index contributed by atoms with van der Waals surface area (Å²) in [4.78, 5) is 2.70. The molecule has 2 N–H and O–H groups in total. The molecular formula is C17H20N2S. The van der Waals surface area contributed by atoms with Gasteiger partial charge in [0.25, 0.3) is 0 Å². The lowest BCUT2D eigenvalue weighted by Crippen LogP contribution is -2.17. The molecule has 104 valence electrons. The van der Waals surface area contributed by atoms with Crippen LogP contribution in [0.4, 0.5) is 5.69 Å². The zero-order valence-electron chi connectivity index (χ0n) is 12.2. The van der Waals surface area contributed by atoms with Gasteiger partial charge < -0.3 is 10.6 Å². The van der Waals surface area contributed by atoms with Gasteiger partial charge in [0.2, 0.25) is 0 Å². The Morgan fingerprint density at radius 3 is 2.50 bits per heavy atom. The van der Waals surface area contributed by atoms with Crippen molar-refractivity contribution in [3.05, 3.63) is 64.7 Å². The quantitative estimate of drug-likeness (QED) is 0.870. The first kappa shape index (κ1) is 14.5. The molecule has 0 heterocycles. The topological polar surface area (TPSA) is 29.3 Å². The minimum Gasteiger partial charge on any atom is -0.389 e. The number of nitrogens with two attached hydrogens (primary N) is 1. The van der Waals surface area contributed by atoms with Crippen molar-refractivity contribution >= 4 is 22.9 Å². The van der Waals surface area contributed by atoms with Crippen LogP contribution in [0, 0.1) is 13.8 Å². The van der Waals surface area contributed by atoms with Crippen LogP contribution in [0.5, 0.6) is 0 Å². The van der Waals surface area contributed by atoms with Crippen molar-refractivity contribution in [3.8, 4) is 0 Å². The lowest BCUT2D eigenvalue weighted by atomic mass is 10.0. The Labute approximate surface area is 126 Å². The van der Waals surface area contributed by atoms with E-state index in [1.165, 1.54) is 22.4 Å². The van der Waals surface area contributed by atoms with Gasteiger partial charge in [-0.3, -0.25) is 0 Å². The van der Waals surface area contributed by atoms with Gasteiger partial charge in [-0.25, -0.2) is 0 Å². The summed E-state index contributed by atoms with van der Waals surface area (Å²) in [6, 6.07) is 14.7. The van der Waals surface area contributed by atoms with Gasteiger partial charge in [0.15, 0.2) is 0 Å². The van der Waals surface area contributed by atoms with Gasteiger partial charge in [-0.05, 0) is 48.7 Å². The molecule has 0 unspecified atom stereocenters. The Bertz CT molecular complexity index is 635. The van der Waals surface area contributed by atoms with Crippen molar-refractivity contribution in [1.82, 2.24) is 0 Å². The average molecular weight is 284 g/mol. The second kappa shape index (κ2) is 6.06. The van der Waals surface area contributed by atoms with E-state index in [1.54, 1.807) is 0 Å². The zero-order valence-corrected chi connectivity index (χ0v) is 13.0. The predicted octanol–water partition coefficient (Wildman–Crippen LogP) is 3.57. The standard InChI is InChI=1S/C17H20N2S/c1-12-5-4-6-16(9-12)19(3)11-15-8-7-14(17(18)20)10-13(15)2/h4-10H,11H2,1-3H3,(H2,18,20). The molecule has 0 amide bonds. The minimum atomic E-state index is 0.451. The van der Waals surface area contributed by atoms with E-state index in [0.717, 1.165) is 12.1 Å². The first-order valence-electron chi connectivity index (χ1n) is 6.64. The summed E-state index contributed by atoms with van der Waals surface area (Å²) >= 11 is 5.01. The number of benzene rings is 2. The monoisotopic (exact) mass is 284 g/mol. The third-order valence-electron chi connectivity index (χ3n) is 3.48. The van der Waals surface area contributed by atoms with Crippen LogP contribution in [0.15, 0.2) is 42.5 Å². The number of rotatable bonds is 4. The lowest BCUT2D eigenvalue weighted by molar-refractivity contribution is 0.913. The molecule has 2 rings (SSSR count). The Hall–Kier alpha value is -1.87. The van der Waals surface area contributed by atoms with Crippen LogP contribution in [-0.2, 0) is 6.54 Å². The zero-order chi connectivity index (χ0) is 14.7. The highest BCUT2D eigenvalue weighted by atomic mass is 32.1. The van der Waals surface area contributed by atoms with Crippen molar-refractivity contribution in [1.29, 1.82) is 0 Å². The number of nitrogens with zero attached hydrogens (tertiary/aromatic N) is 1. The summed E-state index contributed by atoms with van der Waals surface area (Å²) in [5.74, 6) is 0. The summed E-state index contributed by atoms with van der Waals surface area (Å²) in [6.07, 6.45) is 0. The van der Waals surface area contributed by atoms with E-state index < -0.39 is 0 Å². The van der Waals surface area contributed by atoms with Crippen molar-refractivity contribution in [2.75, 3.05) is 11.9 Å². The molecule has 2 aromatic carbocycles. The second-order valence-corrected chi connectivity index (χ2v) is 5.64. The summed E-state index contributed by atoms with van der Waals surface area (Å²) in [6.45, 7) is 5.08. The number of anilines is 1. The average Bonchev–Trinajstić information content (AvgIpc) is 2.40. The van der Waals surface area contributed by atoms with Gasteiger partial charge in [0.1, 0.15) is 4.99 Å². The van der Waals surface area contributed by atoms with Gasteiger partial charge in [0, 0.05) is 24.8 Å². The molecule has 0 bridgehead atoms. The van der Waals surface area contributed by atoms with Gasteiger partial charge >= 0.3 is 0 Å². The Morgan fingerprint density at radius 1 is 1.15 bits per heavy atom. The maximum absolute atomic E-state index is 5.66. The maximum atomic E-state index is 5.66. The first-order chi connectivity index (χ1) is 9.47. The first-order valence-corrected chi connectivity index (χ1v) is 7.05. The number of hydrogen-bond donors (Lipinski definition) is 1. The molecule has 2 aromatic rings. The molecule has 0 saturated heterocycles. The lowest BCUT2D eigenvalue weighted by Gasteiger charge is -2.21. The van der Waals surface area contributed by atoms with Crippen molar-refractivity contribution < 1.29 is 0 Å². The summed E-state index contributed by atoms with van der Waals surface area (Å²) in [5.41, 5.74) is 11.6.